The van der Waals surface area contributed by atoms with E-state index in [1.165, 1.54) is 6.33 Å². The topological polar surface area (TPSA) is 98.2 Å². The summed E-state index contributed by atoms with van der Waals surface area (Å²) in [5.41, 5.74) is 5.39. The zero-order valence-electron chi connectivity index (χ0n) is 10.5. The Morgan fingerprint density at radius 3 is 2.83 bits per heavy atom. The lowest BCUT2D eigenvalue weighted by Gasteiger charge is -2.18. The fraction of sp³-hybridized carbons (Fsp3) is 0.636. The molecule has 1 saturated heterocycles. The lowest BCUT2D eigenvalue weighted by molar-refractivity contribution is -0.383. The Kier molecular flexibility index (Phi) is 3.31. The maximum Gasteiger partial charge on any atom is 0.353 e. The Bertz CT molecular complexity index is 463. The molecule has 0 aliphatic carbocycles. The van der Waals surface area contributed by atoms with Crippen LogP contribution in [0.2, 0.25) is 0 Å². The molecule has 1 aromatic heterocycles. The van der Waals surface area contributed by atoms with Crippen LogP contribution in [0.25, 0.3) is 0 Å². The second kappa shape index (κ2) is 4.75. The lowest BCUT2D eigenvalue weighted by atomic mass is 9.95. The van der Waals surface area contributed by atoms with Gasteiger partial charge in [0.25, 0.3) is 0 Å². The van der Waals surface area contributed by atoms with Crippen molar-refractivity contribution in [2.45, 2.75) is 20.3 Å². The highest BCUT2D eigenvalue weighted by Crippen LogP contribution is 2.34. The molecule has 1 aromatic rings. The molecule has 0 spiro atoms. The van der Waals surface area contributed by atoms with Gasteiger partial charge < -0.3 is 10.6 Å². The summed E-state index contributed by atoms with van der Waals surface area (Å²) in [6, 6.07) is 0. The van der Waals surface area contributed by atoms with Gasteiger partial charge in [0.2, 0.25) is 11.6 Å². The van der Waals surface area contributed by atoms with Crippen molar-refractivity contribution < 1.29 is 4.92 Å². The molecule has 1 fully saturated rings. The van der Waals surface area contributed by atoms with E-state index in [2.05, 4.69) is 23.8 Å². The third kappa shape index (κ3) is 2.20. The van der Waals surface area contributed by atoms with E-state index in [1.54, 1.807) is 0 Å². The van der Waals surface area contributed by atoms with Crippen LogP contribution in [0.1, 0.15) is 20.3 Å². The normalized spacial score (nSPS) is 19.5. The summed E-state index contributed by atoms with van der Waals surface area (Å²) >= 11 is 0. The predicted octanol–water partition coefficient (Wildman–Crippen LogP) is 1.45. The Morgan fingerprint density at radius 1 is 1.56 bits per heavy atom. The highest BCUT2D eigenvalue weighted by atomic mass is 16.6. The predicted molar refractivity (Wildman–Crippen MR) is 68.3 cm³/mol. The number of anilines is 2. The molecule has 1 aliphatic heterocycles. The van der Waals surface area contributed by atoms with Crippen molar-refractivity contribution in [2.24, 2.45) is 11.8 Å². The van der Waals surface area contributed by atoms with Crippen LogP contribution in [-0.4, -0.2) is 28.0 Å². The Morgan fingerprint density at radius 2 is 2.28 bits per heavy atom. The van der Waals surface area contributed by atoms with Gasteiger partial charge in [-0.05, 0) is 18.3 Å². The van der Waals surface area contributed by atoms with Gasteiger partial charge in [-0.1, -0.05) is 13.8 Å². The lowest BCUT2D eigenvalue weighted by Crippen LogP contribution is -2.23. The van der Waals surface area contributed by atoms with Gasteiger partial charge in [-0.2, -0.15) is 0 Å². The maximum absolute atomic E-state index is 11.0. The quantitative estimate of drug-likeness (QED) is 0.644. The smallest absolute Gasteiger partial charge is 0.353 e. The Labute approximate surface area is 105 Å². The zero-order chi connectivity index (χ0) is 13.3. The van der Waals surface area contributed by atoms with Gasteiger partial charge in [-0.15, -0.1) is 0 Å². The number of rotatable bonds is 3. The molecule has 7 nitrogen and oxygen atoms in total. The molecular formula is C11H17N5O2. The first-order valence-corrected chi connectivity index (χ1v) is 6.00. The number of aromatic nitrogens is 2. The first kappa shape index (κ1) is 12.5. The molecule has 0 amide bonds. The van der Waals surface area contributed by atoms with Crippen molar-refractivity contribution in [3.8, 4) is 0 Å². The first-order valence-electron chi connectivity index (χ1n) is 6.00. The van der Waals surface area contributed by atoms with Crippen molar-refractivity contribution >= 4 is 17.3 Å². The van der Waals surface area contributed by atoms with Crippen molar-refractivity contribution in [1.29, 1.82) is 0 Å². The summed E-state index contributed by atoms with van der Waals surface area (Å²) in [6.07, 6.45) is 2.30. The molecule has 0 radical (unpaired) electrons. The Balaban J connectivity index is 2.30. The third-order valence-corrected chi connectivity index (χ3v) is 3.48. The number of hydrogen-bond acceptors (Lipinski definition) is 6. The minimum Gasteiger partial charge on any atom is -0.378 e. The van der Waals surface area contributed by atoms with Crippen LogP contribution in [0.5, 0.6) is 0 Å². The molecule has 0 aromatic carbocycles. The summed E-state index contributed by atoms with van der Waals surface area (Å²) in [6.45, 7) is 5.89. The molecule has 2 heterocycles. The average Bonchev–Trinajstić information content (AvgIpc) is 2.77. The van der Waals surface area contributed by atoms with Gasteiger partial charge in [0.15, 0.2) is 0 Å². The van der Waals surface area contributed by atoms with Gasteiger partial charge in [0.05, 0.1) is 4.92 Å². The second-order valence-corrected chi connectivity index (χ2v) is 4.93. The van der Waals surface area contributed by atoms with E-state index >= 15 is 0 Å². The van der Waals surface area contributed by atoms with E-state index < -0.39 is 4.92 Å². The zero-order valence-corrected chi connectivity index (χ0v) is 10.5. The van der Waals surface area contributed by atoms with E-state index in [4.69, 9.17) is 5.73 Å². The van der Waals surface area contributed by atoms with Crippen LogP contribution >= 0.6 is 0 Å². The van der Waals surface area contributed by atoms with E-state index in [0.717, 1.165) is 19.5 Å². The highest BCUT2D eigenvalue weighted by Gasteiger charge is 2.31. The van der Waals surface area contributed by atoms with Gasteiger partial charge in [0, 0.05) is 13.1 Å². The summed E-state index contributed by atoms with van der Waals surface area (Å²) in [5, 5.41) is 11.0. The molecule has 0 saturated carbocycles. The van der Waals surface area contributed by atoms with Crippen LogP contribution in [0.4, 0.5) is 17.3 Å². The first-order chi connectivity index (χ1) is 8.50. The molecule has 18 heavy (non-hydrogen) atoms. The summed E-state index contributed by atoms with van der Waals surface area (Å²) in [4.78, 5) is 20.2. The fourth-order valence-corrected chi connectivity index (χ4v) is 2.31. The molecule has 0 bridgehead atoms. The minimum absolute atomic E-state index is 0.0713. The van der Waals surface area contributed by atoms with Crippen LogP contribution in [0, 0.1) is 22.0 Å². The minimum atomic E-state index is -0.507. The molecule has 7 heteroatoms. The van der Waals surface area contributed by atoms with Crippen molar-refractivity contribution in [3.63, 3.8) is 0 Å². The van der Waals surface area contributed by atoms with Gasteiger partial charge in [0.1, 0.15) is 6.33 Å². The fourth-order valence-electron chi connectivity index (χ4n) is 2.31. The molecule has 2 rings (SSSR count). The highest BCUT2D eigenvalue weighted by molar-refractivity contribution is 5.68. The monoisotopic (exact) mass is 251 g/mol. The van der Waals surface area contributed by atoms with Gasteiger partial charge in [-0.3, -0.25) is 10.1 Å². The number of nitro groups is 1. The van der Waals surface area contributed by atoms with Crippen molar-refractivity contribution in [2.75, 3.05) is 23.7 Å². The van der Waals surface area contributed by atoms with Gasteiger partial charge in [-0.25, -0.2) is 9.97 Å². The summed E-state index contributed by atoms with van der Waals surface area (Å²) < 4.78 is 0. The molecule has 1 atom stereocenters. The van der Waals surface area contributed by atoms with Crippen LogP contribution < -0.4 is 10.6 Å². The molecule has 2 N–H and O–H groups in total. The number of hydrogen-bond donors (Lipinski definition) is 1. The molecule has 1 aliphatic rings. The summed E-state index contributed by atoms with van der Waals surface area (Å²) in [7, 11) is 0. The van der Waals surface area contributed by atoms with Crippen molar-refractivity contribution in [1.82, 2.24) is 9.97 Å². The molecule has 1 unspecified atom stereocenters. The van der Waals surface area contributed by atoms with Crippen LogP contribution in [0.15, 0.2) is 6.33 Å². The van der Waals surface area contributed by atoms with Gasteiger partial charge >= 0.3 is 5.69 Å². The van der Waals surface area contributed by atoms with Crippen molar-refractivity contribution in [3.05, 3.63) is 16.4 Å². The average molecular weight is 251 g/mol. The Hall–Kier alpha value is -1.92. The largest absolute Gasteiger partial charge is 0.378 e. The van der Waals surface area contributed by atoms with E-state index in [-0.39, 0.29) is 11.5 Å². The summed E-state index contributed by atoms with van der Waals surface area (Å²) in [5.74, 6) is 1.38. The second-order valence-electron chi connectivity index (χ2n) is 4.93. The molecule has 98 valence electrons. The number of nitrogens with two attached hydrogens (primary N) is 1. The van der Waals surface area contributed by atoms with E-state index in [0.29, 0.717) is 17.7 Å². The van der Waals surface area contributed by atoms with Crippen LogP contribution in [0.3, 0.4) is 0 Å². The SMILES string of the molecule is CC(C)C1CCN(c2ncnc(N)c2[N+](=O)[O-])C1. The van der Waals surface area contributed by atoms with Crippen LogP contribution in [-0.2, 0) is 0 Å². The van der Waals surface area contributed by atoms with E-state index in [9.17, 15) is 10.1 Å². The molecular weight excluding hydrogens is 234 g/mol. The number of nitrogen functional groups attached to an aromatic ring is 1. The maximum atomic E-state index is 11.0. The standard InChI is InChI=1S/C11H17N5O2/c1-7(2)8-3-4-15(5-8)11-9(16(17)18)10(12)13-6-14-11/h6-8H,3-5H2,1-2H3,(H2,12,13,14). The third-order valence-electron chi connectivity index (χ3n) is 3.48. The van der Waals surface area contributed by atoms with E-state index in [1.807, 2.05) is 4.90 Å². The number of nitrogens with zero attached hydrogens (tertiary/aromatic N) is 4.